The maximum atomic E-state index is 6.22. The van der Waals surface area contributed by atoms with Crippen LogP contribution in [0, 0.1) is 10.8 Å². The van der Waals surface area contributed by atoms with Crippen molar-refractivity contribution in [2.24, 2.45) is 10.8 Å². The molecule has 2 atom stereocenters. The van der Waals surface area contributed by atoms with Crippen molar-refractivity contribution in [3.63, 3.8) is 0 Å². The molecule has 0 amide bonds. The Morgan fingerprint density at radius 3 is 1.31 bits per heavy atom. The number of pyridine rings is 1. The number of nitrogens with zero attached hydrogens (tertiary/aromatic N) is 1. The first-order valence-corrected chi connectivity index (χ1v) is 10.6. The van der Waals surface area contributed by atoms with E-state index in [0.717, 1.165) is 11.4 Å². The molecule has 6 nitrogen and oxygen atoms in total. The number of hydrogen-bond donors (Lipinski definition) is 0. The molecule has 1 aromatic heterocycles. The molecule has 0 aliphatic carbocycles. The van der Waals surface area contributed by atoms with Gasteiger partial charge in [0, 0.05) is 0 Å². The quantitative estimate of drug-likeness (QED) is 0.635. The van der Waals surface area contributed by atoms with Crippen LogP contribution in [0.5, 0.6) is 0 Å². The highest BCUT2D eigenvalue weighted by atomic mass is 16.6. The SMILES string of the molecule is CC(C)(C)C1OCCOCCOCCOCCOC(C(C)(C)C)c2cccc1n2. The molecule has 29 heavy (non-hydrogen) atoms. The monoisotopic (exact) mass is 409 g/mol. The topological polar surface area (TPSA) is 59.0 Å². The predicted molar refractivity (Wildman–Crippen MR) is 113 cm³/mol. The number of aromatic nitrogens is 1. The summed E-state index contributed by atoms with van der Waals surface area (Å²) in [6, 6.07) is 6.12. The number of fused-ring (bicyclic) bond motifs is 2. The molecule has 0 radical (unpaired) electrons. The Kier molecular flexibility index (Phi) is 9.50. The maximum absolute atomic E-state index is 6.22. The average Bonchev–Trinajstić information content (AvgIpc) is 2.62. The van der Waals surface area contributed by atoms with E-state index >= 15 is 0 Å². The Bertz CT molecular complexity index is 546. The molecule has 1 aliphatic rings. The van der Waals surface area contributed by atoms with Gasteiger partial charge in [-0.25, -0.2) is 0 Å². The molecule has 2 rings (SSSR count). The smallest absolute Gasteiger partial charge is 0.104 e. The van der Waals surface area contributed by atoms with Crippen LogP contribution in [-0.4, -0.2) is 57.8 Å². The molecule has 2 unspecified atom stereocenters. The van der Waals surface area contributed by atoms with Crippen molar-refractivity contribution in [3.05, 3.63) is 29.6 Å². The van der Waals surface area contributed by atoms with Crippen LogP contribution in [-0.2, 0) is 23.7 Å². The van der Waals surface area contributed by atoms with Crippen LogP contribution in [0.4, 0.5) is 0 Å². The second-order valence-electron chi connectivity index (χ2n) is 9.56. The lowest BCUT2D eigenvalue weighted by atomic mass is 9.85. The summed E-state index contributed by atoms with van der Waals surface area (Å²) in [5.74, 6) is 0. The molecule has 0 spiro atoms. The van der Waals surface area contributed by atoms with Crippen molar-refractivity contribution in [1.82, 2.24) is 4.98 Å². The normalized spacial score (nSPS) is 24.5. The van der Waals surface area contributed by atoms with Gasteiger partial charge in [0.15, 0.2) is 0 Å². The molecule has 1 aliphatic heterocycles. The van der Waals surface area contributed by atoms with Crippen LogP contribution in [0.3, 0.4) is 0 Å². The van der Waals surface area contributed by atoms with E-state index in [1.54, 1.807) is 0 Å². The first kappa shape index (κ1) is 24.2. The minimum absolute atomic E-state index is 0.0957. The largest absolute Gasteiger partial charge is 0.377 e. The van der Waals surface area contributed by atoms with Gasteiger partial charge >= 0.3 is 0 Å². The summed E-state index contributed by atoms with van der Waals surface area (Å²) < 4.78 is 29.2. The van der Waals surface area contributed by atoms with Gasteiger partial charge in [-0.2, -0.15) is 0 Å². The van der Waals surface area contributed by atoms with E-state index in [9.17, 15) is 0 Å². The fraction of sp³-hybridized carbons (Fsp3) is 0.783. The third-order valence-corrected chi connectivity index (χ3v) is 4.67. The highest BCUT2D eigenvalue weighted by molar-refractivity contribution is 5.18. The summed E-state index contributed by atoms with van der Waals surface area (Å²) >= 11 is 0. The predicted octanol–water partition coefficient (Wildman–Crippen LogP) is 4.35. The van der Waals surface area contributed by atoms with Gasteiger partial charge in [-0.1, -0.05) is 47.6 Å². The first-order valence-electron chi connectivity index (χ1n) is 10.6. The highest BCUT2D eigenvalue weighted by Crippen LogP contribution is 2.38. The molecule has 1 aromatic rings. The summed E-state index contributed by atoms with van der Waals surface area (Å²) in [5, 5.41) is 0. The Hall–Kier alpha value is -1.05. The summed E-state index contributed by atoms with van der Waals surface area (Å²) in [6.45, 7) is 17.3. The van der Waals surface area contributed by atoms with Gasteiger partial charge in [0.2, 0.25) is 0 Å². The summed E-state index contributed by atoms with van der Waals surface area (Å²) in [4.78, 5) is 4.98. The minimum Gasteiger partial charge on any atom is -0.377 e. The maximum Gasteiger partial charge on any atom is 0.104 e. The zero-order valence-corrected chi connectivity index (χ0v) is 19.0. The number of hydrogen-bond acceptors (Lipinski definition) is 6. The van der Waals surface area contributed by atoms with Crippen molar-refractivity contribution in [3.8, 4) is 0 Å². The molecular formula is C23H39NO5. The van der Waals surface area contributed by atoms with Crippen molar-refractivity contribution in [2.75, 3.05) is 52.9 Å². The minimum atomic E-state index is -0.134. The molecule has 0 saturated carbocycles. The van der Waals surface area contributed by atoms with Gasteiger partial charge in [-0.05, 0) is 23.0 Å². The highest BCUT2D eigenvalue weighted by Gasteiger charge is 2.32. The molecule has 0 aromatic carbocycles. The van der Waals surface area contributed by atoms with Gasteiger partial charge in [0.1, 0.15) is 12.2 Å². The van der Waals surface area contributed by atoms with Gasteiger partial charge in [0.05, 0.1) is 64.2 Å². The van der Waals surface area contributed by atoms with Gasteiger partial charge in [-0.15, -0.1) is 0 Å². The third-order valence-electron chi connectivity index (χ3n) is 4.67. The van der Waals surface area contributed by atoms with Crippen molar-refractivity contribution >= 4 is 0 Å². The number of rotatable bonds is 0. The van der Waals surface area contributed by atoms with Gasteiger partial charge in [0.25, 0.3) is 0 Å². The van der Waals surface area contributed by atoms with Gasteiger partial charge < -0.3 is 23.7 Å². The van der Waals surface area contributed by atoms with Gasteiger partial charge in [-0.3, -0.25) is 4.98 Å². The van der Waals surface area contributed by atoms with E-state index in [-0.39, 0.29) is 23.0 Å². The molecule has 0 N–H and O–H groups in total. The molecule has 2 bridgehead atoms. The standard InChI is InChI=1S/C23H39NO5/c1-22(2,3)20-18-8-7-9-19(24-18)21(23(4,5)6)29-17-15-27-13-11-25-10-12-26-14-16-28-20/h7-9,20-21H,10-17H2,1-6H3. The Morgan fingerprint density at radius 1 is 0.621 bits per heavy atom. The van der Waals surface area contributed by atoms with Crippen LogP contribution in [0.25, 0.3) is 0 Å². The average molecular weight is 410 g/mol. The summed E-state index contributed by atoms with van der Waals surface area (Å²) in [6.07, 6.45) is -0.268. The third kappa shape index (κ3) is 8.30. The fourth-order valence-electron chi connectivity index (χ4n) is 3.31. The lowest BCUT2D eigenvalue weighted by molar-refractivity contribution is -0.0656. The van der Waals surface area contributed by atoms with E-state index < -0.39 is 0 Å². The number of ether oxygens (including phenoxy) is 5. The van der Waals surface area contributed by atoms with Crippen LogP contribution in [0.2, 0.25) is 0 Å². The van der Waals surface area contributed by atoms with E-state index in [1.807, 2.05) is 18.2 Å². The molecule has 0 saturated heterocycles. The van der Waals surface area contributed by atoms with Crippen LogP contribution in [0.15, 0.2) is 18.2 Å². The zero-order chi connectivity index (χ0) is 21.3. The Morgan fingerprint density at radius 2 is 0.966 bits per heavy atom. The van der Waals surface area contributed by atoms with Crippen molar-refractivity contribution in [1.29, 1.82) is 0 Å². The fourth-order valence-corrected chi connectivity index (χ4v) is 3.31. The van der Waals surface area contributed by atoms with E-state index in [0.29, 0.717) is 52.9 Å². The summed E-state index contributed by atoms with van der Waals surface area (Å²) in [7, 11) is 0. The van der Waals surface area contributed by atoms with Crippen LogP contribution in [0.1, 0.15) is 65.1 Å². The zero-order valence-electron chi connectivity index (χ0n) is 19.0. The Labute approximate surface area is 176 Å². The van der Waals surface area contributed by atoms with E-state index in [1.165, 1.54) is 0 Å². The lowest BCUT2D eigenvalue weighted by Crippen LogP contribution is -2.27. The van der Waals surface area contributed by atoms with Crippen LogP contribution >= 0.6 is 0 Å². The molecule has 166 valence electrons. The lowest BCUT2D eigenvalue weighted by Gasteiger charge is -2.33. The van der Waals surface area contributed by atoms with Crippen molar-refractivity contribution in [2.45, 2.75) is 53.8 Å². The molecule has 2 heterocycles. The van der Waals surface area contributed by atoms with Crippen LogP contribution < -0.4 is 0 Å². The molecular weight excluding hydrogens is 370 g/mol. The first-order chi connectivity index (χ1) is 13.7. The second kappa shape index (κ2) is 11.4. The Balaban J connectivity index is 2.25. The van der Waals surface area contributed by atoms with E-state index in [4.69, 9.17) is 28.7 Å². The molecule has 6 heteroatoms. The van der Waals surface area contributed by atoms with Crippen molar-refractivity contribution < 1.29 is 23.7 Å². The van der Waals surface area contributed by atoms with E-state index in [2.05, 4.69) is 41.5 Å². The second-order valence-corrected chi connectivity index (χ2v) is 9.56. The summed E-state index contributed by atoms with van der Waals surface area (Å²) in [5.41, 5.74) is 1.66. The molecule has 0 fully saturated rings.